The Morgan fingerprint density at radius 2 is 1.36 bits per heavy atom. The van der Waals surface area contributed by atoms with Crippen molar-refractivity contribution in [2.45, 2.75) is 0 Å². The SMILES string of the molecule is [C-]#[N+]c1ccc(-n2c3ccccc3c3cc(-c4ccc(Br)cc4)ccc32)cc1. The van der Waals surface area contributed by atoms with E-state index in [2.05, 4.69) is 92.1 Å². The van der Waals surface area contributed by atoms with Gasteiger partial charge in [0.1, 0.15) is 0 Å². The Hall–Kier alpha value is -3.35. The van der Waals surface area contributed by atoms with E-state index >= 15 is 0 Å². The van der Waals surface area contributed by atoms with Crippen LogP contribution in [0.25, 0.3) is 43.5 Å². The average Bonchev–Trinajstić information content (AvgIpc) is 3.08. The standard InChI is InChI=1S/C25H15BrN2/c1-27-20-11-13-21(14-12-20)28-24-5-3-2-4-22(24)23-16-18(8-15-25(23)28)17-6-9-19(26)10-7-17/h2-16H. The minimum atomic E-state index is 0.655. The van der Waals surface area contributed by atoms with Crippen LogP contribution in [0.15, 0.2) is 95.5 Å². The van der Waals surface area contributed by atoms with E-state index in [0.29, 0.717) is 5.69 Å². The highest BCUT2D eigenvalue weighted by Gasteiger charge is 2.13. The Morgan fingerprint density at radius 1 is 0.679 bits per heavy atom. The molecule has 0 atom stereocenters. The highest BCUT2D eigenvalue weighted by molar-refractivity contribution is 9.10. The summed E-state index contributed by atoms with van der Waals surface area (Å²) in [7, 11) is 0. The largest absolute Gasteiger partial charge is 0.309 e. The van der Waals surface area contributed by atoms with Gasteiger partial charge in [-0.15, -0.1) is 0 Å². The van der Waals surface area contributed by atoms with E-state index in [-0.39, 0.29) is 0 Å². The fourth-order valence-electron chi connectivity index (χ4n) is 3.75. The lowest BCUT2D eigenvalue weighted by atomic mass is 10.0. The van der Waals surface area contributed by atoms with Crippen LogP contribution < -0.4 is 0 Å². The molecule has 0 radical (unpaired) electrons. The Morgan fingerprint density at radius 3 is 2.11 bits per heavy atom. The minimum absolute atomic E-state index is 0.655. The summed E-state index contributed by atoms with van der Waals surface area (Å²) in [6, 6.07) is 31.3. The number of para-hydroxylation sites is 1. The molecule has 0 bridgehead atoms. The highest BCUT2D eigenvalue weighted by atomic mass is 79.9. The lowest BCUT2D eigenvalue weighted by Crippen LogP contribution is -1.92. The van der Waals surface area contributed by atoms with Gasteiger partial charge >= 0.3 is 0 Å². The van der Waals surface area contributed by atoms with Crippen molar-refractivity contribution >= 4 is 43.4 Å². The zero-order valence-corrected chi connectivity index (χ0v) is 16.5. The lowest BCUT2D eigenvalue weighted by molar-refractivity contribution is 1.18. The van der Waals surface area contributed by atoms with Gasteiger partial charge in [-0.2, -0.15) is 0 Å². The first-order chi connectivity index (χ1) is 13.7. The molecular weight excluding hydrogens is 408 g/mol. The topological polar surface area (TPSA) is 9.29 Å². The van der Waals surface area contributed by atoms with Crippen molar-refractivity contribution in [2.75, 3.05) is 0 Å². The van der Waals surface area contributed by atoms with E-state index in [4.69, 9.17) is 6.57 Å². The second-order valence-electron chi connectivity index (χ2n) is 6.72. The third kappa shape index (κ3) is 2.70. The lowest BCUT2D eigenvalue weighted by Gasteiger charge is -2.08. The molecule has 0 aliphatic heterocycles. The maximum atomic E-state index is 7.18. The second-order valence-corrected chi connectivity index (χ2v) is 7.64. The average molecular weight is 423 g/mol. The molecule has 0 saturated heterocycles. The predicted octanol–water partition coefficient (Wildman–Crippen LogP) is 7.76. The van der Waals surface area contributed by atoms with E-state index in [1.54, 1.807) is 0 Å². The number of hydrogen-bond acceptors (Lipinski definition) is 0. The van der Waals surface area contributed by atoms with Crippen LogP contribution in [-0.2, 0) is 0 Å². The molecule has 0 spiro atoms. The Bertz CT molecular complexity index is 1350. The second kappa shape index (κ2) is 6.67. The molecule has 0 unspecified atom stereocenters. The molecular formula is C25H15BrN2. The maximum absolute atomic E-state index is 7.18. The van der Waals surface area contributed by atoms with Gasteiger partial charge in [0, 0.05) is 20.9 Å². The number of halogens is 1. The summed E-state index contributed by atoms with van der Waals surface area (Å²) in [5, 5.41) is 2.45. The summed E-state index contributed by atoms with van der Waals surface area (Å²) in [6.45, 7) is 7.18. The third-order valence-electron chi connectivity index (χ3n) is 5.09. The molecule has 1 aromatic heterocycles. The number of hydrogen-bond donors (Lipinski definition) is 0. The summed E-state index contributed by atoms with van der Waals surface area (Å²) >= 11 is 3.51. The van der Waals surface area contributed by atoms with E-state index in [0.717, 1.165) is 15.7 Å². The first-order valence-corrected chi connectivity index (χ1v) is 9.81. The van der Waals surface area contributed by atoms with Crippen molar-refractivity contribution in [3.8, 4) is 16.8 Å². The van der Waals surface area contributed by atoms with Gasteiger partial charge < -0.3 is 4.57 Å². The predicted molar refractivity (Wildman–Crippen MR) is 120 cm³/mol. The molecule has 3 heteroatoms. The molecule has 0 aliphatic carbocycles. The van der Waals surface area contributed by atoms with Crippen molar-refractivity contribution in [3.05, 3.63) is 107 Å². The van der Waals surface area contributed by atoms with Gasteiger partial charge in [0.2, 0.25) is 0 Å². The van der Waals surface area contributed by atoms with Gasteiger partial charge in [-0.25, -0.2) is 4.85 Å². The zero-order chi connectivity index (χ0) is 19.1. The number of fused-ring (bicyclic) bond motifs is 3. The van der Waals surface area contributed by atoms with E-state index in [9.17, 15) is 0 Å². The molecule has 4 aromatic carbocycles. The van der Waals surface area contributed by atoms with Gasteiger partial charge in [0.15, 0.2) is 5.69 Å². The van der Waals surface area contributed by atoms with Gasteiger partial charge in [-0.3, -0.25) is 0 Å². The van der Waals surface area contributed by atoms with Crippen molar-refractivity contribution in [1.82, 2.24) is 4.57 Å². The molecule has 0 N–H and O–H groups in total. The molecule has 0 fully saturated rings. The Labute approximate surface area is 171 Å². The van der Waals surface area contributed by atoms with Crippen molar-refractivity contribution in [1.29, 1.82) is 0 Å². The maximum Gasteiger partial charge on any atom is 0.187 e. The normalized spacial score (nSPS) is 11.0. The molecule has 28 heavy (non-hydrogen) atoms. The fraction of sp³-hybridized carbons (Fsp3) is 0. The molecule has 2 nitrogen and oxygen atoms in total. The molecule has 132 valence electrons. The van der Waals surface area contributed by atoms with Crippen LogP contribution in [-0.4, -0.2) is 4.57 Å². The molecule has 0 amide bonds. The zero-order valence-electron chi connectivity index (χ0n) is 14.9. The Balaban J connectivity index is 1.78. The first-order valence-electron chi connectivity index (χ1n) is 9.02. The minimum Gasteiger partial charge on any atom is -0.309 e. The van der Waals surface area contributed by atoms with Crippen LogP contribution >= 0.6 is 15.9 Å². The van der Waals surface area contributed by atoms with E-state index < -0.39 is 0 Å². The smallest absolute Gasteiger partial charge is 0.187 e. The van der Waals surface area contributed by atoms with Gasteiger partial charge in [-0.1, -0.05) is 64.5 Å². The summed E-state index contributed by atoms with van der Waals surface area (Å²) in [4.78, 5) is 3.51. The fourth-order valence-corrected chi connectivity index (χ4v) is 4.01. The van der Waals surface area contributed by atoms with Crippen LogP contribution in [0.1, 0.15) is 0 Å². The van der Waals surface area contributed by atoms with Crippen molar-refractivity contribution in [3.63, 3.8) is 0 Å². The number of rotatable bonds is 2. The third-order valence-corrected chi connectivity index (χ3v) is 5.62. The molecule has 0 aliphatic rings. The van der Waals surface area contributed by atoms with Crippen molar-refractivity contribution < 1.29 is 0 Å². The van der Waals surface area contributed by atoms with Crippen LogP contribution in [0.2, 0.25) is 0 Å². The van der Waals surface area contributed by atoms with E-state index in [1.807, 2.05) is 24.3 Å². The number of benzene rings is 4. The van der Waals surface area contributed by atoms with Crippen LogP contribution in [0.3, 0.4) is 0 Å². The first kappa shape index (κ1) is 16.8. The summed E-state index contributed by atoms with van der Waals surface area (Å²) in [6.07, 6.45) is 0. The van der Waals surface area contributed by atoms with Crippen LogP contribution in [0, 0.1) is 6.57 Å². The van der Waals surface area contributed by atoms with Gasteiger partial charge in [0.05, 0.1) is 17.6 Å². The van der Waals surface area contributed by atoms with Gasteiger partial charge in [0.25, 0.3) is 0 Å². The van der Waals surface area contributed by atoms with Gasteiger partial charge in [-0.05, 0) is 53.6 Å². The summed E-state index contributed by atoms with van der Waals surface area (Å²) in [5.74, 6) is 0. The summed E-state index contributed by atoms with van der Waals surface area (Å²) < 4.78 is 3.35. The molecule has 5 aromatic rings. The van der Waals surface area contributed by atoms with Crippen LogP contribution in [0.4, 0.5) is 5.69 Å². The van der Waals surface area contributed by atoms with Crippen LogP contribution in [0.5, 0.6) is 0 Å². The number of aromatic nitrogens is 1. The highest BCUT2D eigenvalue weighted by Crippen LogP contribution is 2.35. The molecule has 1 heterocycles. The Kier molecular flexibility index (Phi) is 4.00. The van der Waals surface area contributed by atoms with Crippen molar-refractivity contribution in [2.24, 2.45) is 0 Å². The monoisotopic (exact) mass is 422 g/mol. The molecule has 0 saturated carbocycles. The quantitative estimate of drug-likeness (QED) is 0.257. The number of nitrogens with zero attached hydrogens (tertiary/aromatic N) is 2. The molecule has 5 rings (SSSR count). The van der Waals surface area contributed by atoms with E-state index in [1.165, 1.54) is 27.4 Å². The summed E-state index contributed by atoms with van der Waals surface area (Å²) in [5.41, 5.74) is 6.45.